The predicted octanol–water partition coefficient (Wildman–Crippen LogP) is 13.1. The van der Waals surface area contributed by atoms with Crippen LogP contribution in [0.3, 0.4) is 0 Å². The zero-order chi connectivity index (χ0) is 35.0. The summed E-state index contributed by atoms with van der Waals surface area (Å²) in [5.41, 5.74) is 0. The Hall–Kier alpha value is -1.62. The number of ether oxygens (including phenoxy) is 2. The summed E-state index contributed by atoms with van der Waals surface area (Å²) < 4.78 is 10.6. The van der Waals surface area contributed by atoms with Crippen molar-refractivity contribution < 1.29 is 24.2 Å². The van der Waals surface area contributed by atoms with Gasteiger partial charge in [-0.2, -0.15) is 0 Å². The third-order valence-corrected chi connectivity index (χ3v) is 9.22. The molecular formula is C43H80O5. The van der Waals surface area contributed by atoms with E-state index in [4.69, 9.17) is 9.47 Å². The number of unbranched alkanes of at least 4 members (excludes halogenated alkanes) is 26. The van der Waals surface area contributed by atoms with E-state index >= 15 is 0 Å². The minimum atomic E-state index is -0.771. The average Bonchev–Trinajstić information content (AvgIpc) is 3.09. The predicted molar refractivity (Wildman–Crippen MR) is 205 cm³/mol. The van der Waals surface area contributed by atoms with Gasteiger partial charge in [-0.3, -0.25) is 9.59 Å². The number of rotatable bonds is 38. The van der Waals surface area contributed by atoms with Crippen LogP contribution < -0.4 is 0 Å². The minimum absolute atomic E-state index is 0.0673. The molecule has 1 N–H and O–H groups in total. The third-order valence-electron chi connectivity index (χ3n) is 9.22. The first-order valence-electron chi connectivity index (χ1n) is 20.9. The summed E-state index contributed by atoms with van der Waals surface area (Å²) in [5.74, 6) is -0.595. The molecule has 0 rings (SSSR count). The van der Waals surface area contributed by atoms with Gasteiger partial charge in [0.05, 0.1) is 6.61 Å². The molecule has 0 saturated heterocycles. The van der Waals surface area contributed by atoms with Gasteiger partial charge in [-0.15, -0.1) is 0 Å². The lowest BCUT2D eigenvalue weighted by Crippen LogP contribution is -2.28. The lowest BCUT2D eigenvalue weighted by atomic mass is 10.0. The van der Waals surface area contributed by atoms with Gasteiger partial charge in [0.25, 0.3) is 0 Å². The van der Waals surface area contributed by atoms with Crippen molar-refractivity contribution in [1.29, 1.82) is 0 Å². The van der Waals surface area contributed by atoms with Gasteiger partial charge < -0.3 is 14.6 Å². The van der Waals surface area contributed by atoms with E-state index in [1.54, 1.807) is 0 Å². The Kier molecular flexibility index (Phi) is 38.5. The standard InChI is InChI=1S/C43H80O5/c1-3-5-7-9-11-13-15-17-18-19-20-21-22-23-24-26-28-30-32-34-36-38-43(46)48-41(39-44)40-47-42(45)37-35-33-31-29-27-25-16-14-12-10-8-6-4-2/h14,16-18,41,44H,3-13,15,19-40H2,1-2H3/b16-14-,18-17-/t41-/m0/s1. The molecule has 0 heterocycles. The molecule has 0 spiro atoms. The normalized spacial score (nSPS) is 12.3. The largest absolute Gasteiger partial charge is 0.462 e. The fourth-order valence-corrected chi connectivity index (χ4v) is 6.01. The number of esters is 2. The SMILES string of the molecule is CCCCCC/C=C\CCCCCCCC(=O)OC[C@H](CO)OC(=O)CCCCCCCCCCCCC/C=C\CCCCCCCC. The topological polar surface area (TPSA) is 72.8 Å². The molecule has 0 aliphatic carbocycles. The number of hydrogen-bond donors (Lipinski definition) is 1. The number of carbonyl (C=O) groups excluding carboxylic acids is 2. The summed E-state index contributed by atoms with van der Waals surface area (Å²) in [7, 11) is 0. The second kappa shape index (κ2) is 39.8. The molecule has 1 atom stereocenters. The summed E-state index contributed by atoms with van der Waals surface area (Å²) in [5, 5.41) is 9.56. The van der Waals surface area contributed by atoms with Crippen molar-refractivity contribution in [2.45, 2.75) is 225 Å². The number of allylic oxidation sites excluding steroid dienone is 4. The molecule has 0 radical (unpaired) electrons. The molecule has 5 heteroatoms. The maximum atomic E-state index is 12.2. The van der Waals surface area contributed by atoms with Crippen LogP contribution in [0, 0.1) is 0 Å². The maximum absolute atomic E-state index is 12.2. The molecule has 0 amide bonds. The molecule has 0 fully saturated rings. The van der Waals surface area contributed by atoms with E-state index in [0.29, 0.717) is 12.8 Å². The first-order valence-corrected chi connectivity index (χ1v) is 20.9. The Balaban J connectivity index is 3.51. The van der Waals surface area contributed by atoms with Crippen LogP contribution in [-0.4, -0.2) is 36.4 Å². The smallest absolute Gasteiger partial charge is 0.306 e. The van der Waals surface area contributed by atoms with Crippen LogP contribution in [0.4, 0.5) is 0 Å². The highest BCUT2D eigenvalue weighted by atomic mass is 16.6. The Bertz CT molecular complexity index is 731. The highest BCUT2D eigenvalue weighted by molar-refractivity contribution is 5.70. The monoisotopic (exact) mass is 677 g/mol. The zero-order valence-electron chi connectivity index (χ0n) is 32.0. The third kappa shape index (κ3) is 37.2. The first kappa shape index (κ1) is 46.4. The van der Waals surface area contributed by atoms with Gasteiger partial charge in [0.2, 0.25) is 0 Å². The molecule has 5 nitrogen and oxygen atoms in total. The highest BCUT2D eigenvalue weighted by Crippen LogP contribution is 2.14. The molecular weight excluding hydrogens is 596 g/mol. The molecule has 0 aliphatic rings. The van der Waals surface area contributed by atoms with Crippen LogP contribution in [0.15, 0.2) is 24.3 Å². The average molecular weight is 677 g/mol. The van der Waals surface area contributed by atoms with Crippen molar-refractivity contribution in [2.75, 3.05) is 13.2 Å². The Morgan fingerprint density at radius 1 is 0.458 bits per heavy atom. The molecule has 0 unspecified atom stereocenters. The quantitative estimate of drug-likeness (QED) is 0.0400. The second-order valence-electron chi connectivity index (χ2n) is 14.1. The number of aliphatic hydroxyl groups is 1. The minimum Gasteiger partial charge on any atom is -0.462 e. The fraction of sp³-hybridized carbons (Fsp3) is 0.860. The summed E-state index contributed by atoms with van der Waals surface area (Å²) >= 11 is 0. The van der Waals surface area contributed by atoms with Crippen molar-refractivity contribution in [3.8, 4) is 0 Å². The van der Waals surface area contributed by atoms with Crippen LogP contribution in [-0.2, 0) is 19.1 Å². The number of aliphatic hydroxyl groups excluding tert-OH is 1. The molecule has 0 aliphatic heterocycles. The van der Waals surface area contributed by atoms with E-state index in [-0.39, 0.29) is 25.2 Å². The van der Waals surface area contributed by atoms with Gasteiger partial charge in [0, 0.05) is 12.8 Å². The van der Waals surface area contributed by atoms with Crippen LogP contribution in [0.2, 0.25) is 0 Å². The molecule has 0 aromatic carbocycles. The highest BCUT2D eigenvalue weighted by Gasteiger charge is 2.16. The fourth-order valence-electron chi connectivity index (χ4n) is 6.01. The Morgan fingerprint density at radius 3 is 1.15 bits per heavy atom. The summed E-state index contributed by atoms with van der Waals surface area (Å²) in [6, 6.07) is 0. The maximum Gasteiger partial charge on any atom is 0.306 e. The second-order valence-corrected chi connectivity index (χ2v) is 14.1. The van der Waals surface area contributed by atoms with Crippen LogP contribution in [0.5, 0.6) is 0 Å². The van der Waals surface area contributed by atoms with Crippen molar-refractivity contribution in [2.24, 2.45) is 0 Å². The van der Waals surface area contributed by atoms with E-state index in [1.165, 1.54) is 148 Å². The van der Waals surface area contributed by atoms with E-state index in [2.05, 4.69) is 38.2 Å². The van der Waals surface area contributed by atoms with Crippen molar-refractivity contribution in [3.05, 3.63) is 24.3 Å². The number of carbonyl (C=O) groups is 2. The van der Waals surface area contributed by atoms with Gasteiger partial charge in [0.1, 0.15) is 6.61 Å². The van der Waals surface area contributed by atoms with Gasteiger partial charge in [-0.25, -0.2) is 0 Å². The van der Waals surface area contributed by atoms with Gasteiger partial charge >= 0.3 is 11.9 Å². The number of hydrogen-bond acceptors (Lipinski definition) is 5. The zero-order valence-corrected chi connectivity index (χ0v) is 32.0. The van der Waals surface area contributed by atoms with Gasteiger partial charge in [-0.05, 0) is 64.2 Å². The molecule has 282 valence electrons. The van der Waals surface area contributed by atoms with E-state index < -0.39 is 6.10 Å². The summed E-state index contributed by atoms with van der Waals surface area (Å²) in [4.78, 5) is 24.3. The molecule has 0 aromatic rings. The lowest BCUT2D eigenvalue weighted by Gasteiger charge is -2.15. The van der Waals surface area contributed by atoms with E-state index in [1.807, 2.05) is 0 Å². The lowest BCUT2D eigenvalue weighted by molar-refractivity contribution is -0.161. The van der Waals surface area contributed by atoms with Crippen LogP contribution >= 0.6 is 0 Å². The Labute approximate surface area is 298 Å². The van der Waals surface area contributed by atoms with Gasteiger partial charge in [-0.1, -0.05) is 167 Å². The Morgan fingerprint density at radius 2 is 0.771 bits per heavy atom. The van der Waals surface area contributed by atoms with Crippen molar-refractivity contribution >= 4 is 11.9 Å². The molecule has 0 aromatic heterocycles. The van der Waals surface area contributed by atoms with Crippen molar-refractivity contribution in [3.63, 3.8) is 0 Å². The molecule has 0 bridgehead atoms. The van der Waals surface area contributed by atoms with E-state index in [0.717, 1.165) is 44.9 Å². The van der Waals surface area contributed by atoms with E-state index in [9.17, 15) is 14.7 Å². The molecule has 48 heavy (non-hydrogen) atoms. The van der Waals surface area contributed by atoms with Gasteiger partial charge in [0.15, 0.2) is 6.10 Å². The van der Waals surface area contributed by atoms with Crippen LogP contribution in [0.1, 0.15) is 219 Å². The van der Waals surface area contributed by atoms with Crippen LogP contribution in [0.25, 0.3) is 0 Å². The molecule has 0 saturated carbocycles. The summed E-state index contributed by atoms with van der Waals surface area (Å²) in [6.45, 7) is 4.12. The van der Waals surface area contributed by atoms with Crippen molar-refractivity contribution in [1.82, 2.24) is 0 Å². The first-order chi connectivity index (χ1) is 23.6. The summed E-state index contributed by atoms with van der Waals surface area (Å²) in [6.07, 6.45) is 46.7.